The van der Waals surface area contributed by atoms with Gasteiger partial charge in [0, 0.05) is 22.5 Å². The highest BCUT2D eigenvalue weighted by molar-refractivity contribution is 6.11. The molecule has 11 heteroatoms. The fourth-order valence-corrected chi connectivity index (χ4v) is 3.82. The third kappa shape index (κ3) is 5.70. The van der Waals surface area contributed by atoms with Crippen molar-refractivity contribution in [2.45, 2.75) is 13.8 Å². The Morgan fingerprint density at radius 3 is 2.33 bits per heavy atom. The number of carbonyl (C=O) groups excluding carboxylic acids is 1. The van der Waals surface area contributed by atoms with Gasteiger partial charge in [0.25, 0.3) is 11.9 Å². The van der Waals surface area contributed by atoms with Gasteiger partial charge in [-0.1, -0.05) is 24.3 Å². The summed E-state index contributed by atoms with van der Waals surface area (Å²) in [4.78, 5) is 20.9. The third-order valence-electron chi connectivity index (χ3n) is 5.74. The largest absolute Gasteiger partial charge is 0.505 e. The standard InChI is InChI=1S/C18H16N2O3.C10H10N6/c1-23-13-8-6-12(7-9-13)20-18(22)15-10-11-4-2-3-5-14(11)16(19)17(15)21;1-6-3-7(2)15-10(14-6)16-9(12)8(4-11)5-13-16/h2-10,21H,19H2,1H3,(H,20,22);3,5H,12H2,1-2H3. The number of nitrogens with zero attached hydrogens (tertiary/aromatic N) is 5. The van der Waals surface area contributed by atoms with Crippen molar-refractivity contribution in [2.24, 2.45) is 0 Å². The van der Waals surface area contributed by atoms with E-state index < -0.39 is 5.91 Å². The van der Waals surface area contributed by atoms with Crippen molar-refractivity contribution in [1.29, 1.82) is 5.26 Å². The van der Waals surface area contributed by atoms with E-state index in [4.69, 9.17) is 21.5 Å². The Morgan fingerprint density at radius 1 is 1.05 bits per heavy atom. The first-order valence-electron chi connectivity index (χ1n) is 11.7. The second-order valence-electron chi connectivity index (χ2n) is 8.51. The molecule has 2 aromatic heterocycles. The molecule has 0 saturated carbocycles. The van der Waals surface area contributed by atoms with E-state index in [1.165, 1.54) is 10.9 Å². The molecule has 5 rings (SSSR count). The number of carbonyl (C=O) groups is 1. The summed E-state index contributed by atoms with van der Waals surface area (Å²) in [6.45, 7) is 3.73. The molecule has 5 aromatic rings. The Hall–Kier alpha value is -5.63. The minimum Gasteiger partial charge on any atom is -0.505 e. The minimum absolute atomic E-state index is 0.136. The summed E-state index contributed by atoms with van der Waals surface area (Å²) < 4.78 is 6.43. The minimum atomic E-state index is -0.426. The normalized spacial score (nSPS) is 10.3. The van der Waals surface area contributed by atoms with E-state index in [1.54, 1.807) is 43.5 Å². The van der Waals surface area contributed by atoms with Crippen molar-refractivity contribution in [2.75, 3.05) is 23.9 Å². The first kappa shape index (κ1) is 26.4. The zero-order valence-corrected chi connectivity index (χ0v) is 21.5. The molecule has 0 atom stereocenters. The summed E-state index contributed by atoms with van der Waals surface area (Å²) in [5.74, 6) is 0.699. The summed E-state index contributed by atoms with van der Waals surface area (Å²) in [7, 11) is 1.57. The number of hydrogen-bond acceptors (Lipinski definition) is 9. The van der Waals surface area contributed by atoms with Crippen LogP contribution in [0.4, 0.5) is 17.2 Å². The molecule has 0 aliphatic rings. The van der Waals surface area contributed by atoms with E-state index >= 15 is 0 Å². The Morgan fingerprint density at radius 2 is 1.72 bits per heavy atom. The average molecular weight is 523 g/mol. The summed E-state index contributed by atoms with van der Waals surface area (Å²) >= 11 is 0. The van der Waals surface area contributed by atoms with Crippen LogP contribution in [0.1, 0.15) is 27.3 Å². The van der Waals surface area contributed by atoms with Crippen molar-refractivity contribution < 1.29 is 14.6 Å². The summed E-state index contributed by atoms with van der Waals surface area (Å²) in [6, 6.07) is 19.7. The molecule has 0 unspecified atom stereocenters. The third-order valence-corrected chi connectivity index (χ3v) is 5.74. The molecule has 0 saturated heterocycles. The fourth-order valence-electron chi connectivity index (χ4n) is 3.82. The number of nitrogens with one attached hydrogen (secondary N) is 1. The number of aryl methyl sites for hydroxylation is 2. The van der Waals surface area contributed by atoms with E-state index in [9.17, 15) is 9.90 Å². The van der Waals surface area contributed by atoms with Gasteiger partial charge in [-0.3, -0.25) is 4.79 Å². The van der Waals surface area contributed by atoms with Crippen LogP contribution in [0.2, 0.25) is 0 Å². The predicted octanol–water partition coefficient (Wildman–Crippen LogP) is 4.12. The highest BCUT2D eigenvalue weighted by Crippen LogP contribution is 2.34. The van der Waals surface area contributed by atoms with Gasteiger partial charge < -0.3 is 26.6 Å². The molecule has 0 spiro atoms. The fraction of sp³-hybridized carbons (Fsp3) is 0.107. The van der Waals surface area contributed by atoms with Crippen LogP contribution in [-0.4, -0.2) is 37.9 Å². The zero-order valence-electron chi connectivity index (χ0n) is 21.5. The second-order valence-corrected chi connectivity index (χ2v) is 8.51. The Kier molecular flexibility index (Phi) is 7.58. The lowest BCUT2D eigenvalue weighted by Crippen LogP contribution is -2.12. The SMILES string of the molecule is COc1ccc(NC(=O)c2cc3ccccc3c(N)c2O)cc1.Cc1cc(C)nc(-n2ncc(C#N)c2N)n1. The summed E-state index contributed by atoms with van der Waals surface area (Å²) in [5, 5.41) is 27.2. The maximum Gasteiger partial charge on any atom is 0.259 e. The lowest BCUT2D eigenvalue weighted by Gasteiger charge is -2.11. The predicted molar refractivity (Wildman–Crippen MR) is 149 cm³/mol. The number of methoxy groups -OCH3 is 1. The molecular weight excluding hydrogens is 496 g/mol. The number of ether oxygens (including phenoxy) is 1. The van der Waals surface area contributed by atoms with Gasteiger partial charge in [-0.25, -0.2) is 9.97 Å². The number of aromatic hydroxyl groups is 1. The number of hydrogen-bond donors (Lipinski definition) is 4. The molecular formula is C28H26N8O3. The average Bonchev–Trinajstić information content (AvgIpc) is 3.31. The number of nitriles is 1. The van der Waals surface area contributed by atoms with Gasteiger partial charge in [-0.05, 0) is 55.6 Å². The summed E-state index contributed by atoms with van der Waals surface area (Å²) in [5.41, 5.74) is 14.6. The Bertz CT molecular complexity index is 1690. The van der Waals surface area contributed by atoms with Gasteiger partial charge in [0.1, 0.15) is 23.2 Å². The molecule has 11 nitrogen and oxygen atoms in total. The van der Waals surface area contributed by atoms with Gasteiger partial charge >= 0.3 is 0 Å². The van der Waals surface area contributed by atoms with Crippen LogP contribution < -0.4 is 21.5 Å². The number of phenols is 1. The monoisotopic (exact) mass is 522 g/mol. The number of amides is 1. The van der Waals surface area contributed by atoms with Crippen LogP contribution >= 0.6 is 0 Å². The van der Waals surface area contributed by atoms with Crippen molar-refractivity contribution >= 4 is 33.9 Å². The number of fused-ring (bicyclic) bond motifs is 1. The molecule has 0 fully saturated rings. The molecule has 3 aromatic carbocycles. The highest BCUT2D eigenvalue weighted by atomic mass is 16.5. The van der Waals surface area contributed by atoms with Crippen LogP contribution in [0.15, 0.2) is 66.9 Å². The maximum absolute atomic E-state index is 12.4. The van der Waals surface area contributed by atoms with Crippen molar-refractivity contribution in [3.63, 3.8) is 0 Å². The molecule has 39 heavy (non-hydrogen) atoms. The summed E-state index contributed by atoms with van der Waals surface area (Å²) in [6.07, 6.45) is 1.40. The van der Waals surface area contributed by atoms with Crippen LogP contribution in [0.5, 0.6) is 11.5 Å². The van der Waals surface area contributed by atoms with E-state index in [-0.39, 0.29) is 22.8 Å². The topological polar surface area (TPSA) is 178 Å². The first-order valence-corrected chi connectivity index (χ1v) is 11.7. The van der Waals surface area contributed by atoms with Gasteiger partial charge in [-0.2, -0.15) is 15.0 Å². The van der Waals surface area contributed by atoms with Crippen molar-refractivity contribution in [1.82, 2.24) is 19.7 Å². The highest BCUT2D eigenvalue weighted by Gasteiger charge is 2.16. The lowest BCUT2D eigenvalue weighted by atomic mass is 10.0. The molecule has 0 bridgehead atoms. The van der Waals surface area contributed by atoms with Crippen LogP contribution in [-0.2, 0) is 0 Å². The number of aromatic nitrogens is 4. The number of rotatable bonds is 4. The van der Waals surface area contributed by atoms with Crippen LogP contribution in [0.25, 0.3) is 16.7 Å². The molecule has 0 aliphatic carbocycles. The second kappa shape index (κ2) is 11.2. The van der Waals surface area contributed by atoms with Crippen LogP contribution in [0, 0.1) is 25.2 Å². The van der Waals surface area contributed by atoms with Crippen molar-refractivity contribution in [3.05, 3.63) is 89.4 Å². The molecule has 196 valence electrons. The molecule has 6 N–H and O–H groups in total. The Labute approximate surface area is 224 Å². The maximum atomic E-state index is 12.4. The Balaban J connectivity index is 0.000000193. The van der Waals surface area contributed by atoms with E-state index in [2.05, 4.69) is 20.4 Å². The molecule has 1 amide bonds. The lowest BCUT2D eigenvalue weighted by molar-refractivity contribution is 0.102. The van der Waals surface area contributed by atoms with E-state index in [0.29, 0.717) is 28.3 Å². The zero-order chi connectivity index (χ0) is 28.1. The molecule has 2 heterocycles. The van der Waals surface area contributed by atoms with Crippen molar-refractivity contribution in [3.8, 4) is 23.5 Å². The van der Waals surface area contributed by atoms with Gasteiger partial charge in [0.15, 0.2) is 5.75 Å². The number of nitrogens with two attached hydrogens (primary N) is 2. The molecule has 0 aliphatic heterocycles. The number of anilines is 3. The van der Waals surface area contributed by atoms with Gasteiger partial charge in [-0.15, -0.1) is 0 Å². The number of nitrogen functional groups attached to an aromatic ring is 2. The first-order chi connectivity index (χ1) is 18.7. The van der Waals surface area contributed by atoms with E-state index in [0.717, 1.165) is 16.8 Å². The van der Waals surface area contributed by atoms with Crippen LogP contribution in [0.3, 0.4) is 0 Å². The van der Waals surface area contributed by atoms with E-state index in [1.807, 2.05) is 44.2 Å². The number of phenolic OH excluding ortho intramolecular Hbond substituents is 1. The smallest absolute Gasteiger partial charge is 0.259 e. The quantitative estimate of drug-likeness (QED) is 0.199. The van der Waals surface area contributed by atoms with Gasteiger partial charge in [0.05, 0.1) is 24.6 Å². The van der Waals surface area contributed by atoms with Gasteiger partial charge in [0.2, 0.25) is 0 Å². The molecule has 0 radical (unpaired) electrons. The number of benzene rings is 3.